The van der Waals surface area contributed by atoms with Crippen molar-refractivity contribution in [2.24, 2.45) is 0 Å². The lowest BCUT2D eigenvalue weighted by Gasteiger charge is -2.22. The predicted molar refractivity (Wildman–Crippen MR) is 90.2 cm³/mol. The largest absolute Gasteiger partial charge is 0.462 e. The summed E-state index contributed by atoms with van der Waals surface area (Å²) >= 11 is 0. The molecule has 0 amide bonds. The molecule has 4 nitrogen and oxygen atoms in total. The van der Waals surface area contributed by atoms with E-state index >= 15 is 0 Å². The van der Waals surface area contributed by atoms with E-state index in [0.29, 0.717) is 0 Å². The molecule has 1 aromatic rings. The maximum Gasteiger partial charge on any atom is 0.306 e. The highest BCUT2D eigenvalue weighted by Gasteiger charge is 2.21. The Morgan fingerprint density at radius 3 is 2.17 bits per heavy atom. The summed E-state index contributed by atoms with van der Waals surface area (Å²) in [6, 6.07) is 8.06. The molecular weight excluding hydrogens is 292 g/mol. The second kappa shape index (κ2) is 8.14. The maximum absolute atomic E-state index is 11.9. The molecule has 0 bridgehead atoms. The summed E-state index contributed by atoms with van der Waals surface area (Å²) in [5.41, 5.74) is 1.81. The number of hydrogen-bond donors (Lipinski definition) is 0. The number of aryl methyl sites for hydroxylation is 1. The summed E-state index contributed by atoms with van der Waals surface area (Å²) in [7, 11) is 0. The molecule has 4 heteroatoms. The number of ether oxygens (including phenoxy) is 2. The highest BCUT2D eigenvalue weighted by molar-refractivity contribution is 5.78. The van der Waals surface area contributed by atoms with Gasteiger partial charge >= 0.3 is 11.9 Å². The third-order valence-corrected chi connectivity index (χ3v) is 3.65. The Balaban J connectivity index is 2.48. The Morgan fingerprint density at radius 2 is 1.61 bits per heavy atom. The molecule has 23 heavy (non-hydrogen) atoms. The van der Waals surface area contributed by atoms with Crippen molar-refractivity contribution >= 4 is 11.9 Å². The smallest absolute Gasteiger partial charge is 0.306 e. The van der Waals surface area contributed by atoms with Crippen molar-refractivity contribution in [1.82, 2.24) is 0 Å². The van der Waals surface area contributed by atoms with Crippen molar-refractivity contribution in [2.75, 3.05) is 0 Å². The molecule has 0 fully saturated rings. The summed E-state index contributed by atoms with van der Waals surface area (Å²) in [4.78, 5) is 23.5. The minimum Gasteiger partial charge on any atom is -0.462 e. The van der Waals surface area contributed by atoms with Gasteiger partial charge in [0.2, 0.25) is 0 Å². The van der Waals surface area contributed by atoms with E-state index in [0.717, 1.165) is 0 Å². The predicted octanol–water partition coefficient (Wildman–Crippen LogP) is 4.15. The van der Waals surface area contributed by atoms with Gasteiger partial charge in [-0.15, -0.1) is 0 Å². The second-order valence-corrected chi connectivity index (χ2v) is 6.93. The zero-order valence-electron chi connectivity index (χ0n) is 15.0. The van der Waals surface area contributed by atoms with Crippen LogP contribution >= 0.6 is 0 Å². The molecule has 1 rings (SSSR count). The van der Waals surface area contributed by atoms with E-state index in [2.05, 4.69) is 0 Å². The molecule has 0 N–H and O–H groups in total. The normalized spacial score (nSPS) is 14.0. The third-order valence-electron chi connectivity index (χ3n) is 3.65. The van der Waals surface area contributed by atoms with E-state index in [-0.39, 0.29) is 36.8 Å². The van der Waals surface area contributed by atoms with Crippen LogP contribution in [0.2, 0.25) is 0 Å². The van der Waals surface area contributed by atoms with Gasteiger partial charge in [-0.1, -0.05) is 31.2 Å². The third kappa shape index (κ3) is 6.85. The molecule has 128 valence electrons. The summed E-state index contributed by atoms with van der Waals surface area (Å²) in [6.07, 6.45) is -0.163. The Bertz CT molecular complexity index is 543. The van der Waals surface area contributed by atoms with Crippen LogP contribution in [0, 0.1) is 6.92 Å². The van der Waals surface area contributed by atoms with Gasteiger partial charge in [0, 0.05) is 5.92 Å². The minimum atomic E-state index is -0.534. The molecular formula is C19H28O4. The standard InChI is InChI=1S/C19H28O4/c1-13-9-7-8-10-16(13)14(2)15(3)22-17(20)11-12-18(21)23-19(4,5)6/h7-10,14-15H,11-12H2,1-6H3/t14-,15-/m0/s1. The van der Waals surface area contributed by atoms with Gasteiger partial charge in [0.1, 0.15) is 11.7 Å². The van der Waals surface area contributed by atoms with Crippen LogP contribution in [0.15, 0.2) is 24.3 Å². The van der Waals surface area contributed by atoms with Crippen molar-refractivity contribution < 1.29 is 19.1 Å². The molecule has 0 aromatic heterocycles. The summed E-state index contributed by atoms with van der Waals surface area (Å²) in [5, 5.41) is 0. The first-order valence-corrected chi connectivity index (χ1v) is 8.07. The Labute approximate surface area is 139 Å². The molecule has 0 spiro atoms. The van der Waals surface area contributed by atoms with E-state index in [1.807, 2.05) is 45.0 Å². The quantitative estimate of drug-likeness (QED) is 0.739. The van der Waals surface area contributed by atoms with Crippen molar-refractivity contribution in [3.63, 3.8) is 0 Å². The zero-order chi connectivity index (χ0) is 17.6. The first kappa shape index (κ1) is 19.2. The van der Waals surface area contributed by atoms with Crippen molar-refractivity contribution in [1.29, 1.82) is 0 Å². The van der Waals surface area contributed by atoms with Gasteiger partial charge in [-0.05, 0) is 45.7 Å². The molecule has 0 aliphatic heterocycles. The second-order valence-electron chi connectivity index (χ2n) is 6.93. The van der Waals surface area contributed by atoms with Crippen molar-refractivity contribution in [3.8, 4) is 0 Å². The van der Waals surface area contributed by atoms with Gasteiger partial charge in [-0.25, -0.2) is 0 Å². The topological polar surface area (TPSA) is 52.6 Å². The lowest BCUT2D eigenvalue weighted by Crippen LogP contribution is -2.25. The van der Waals surface area contributed by atoms with Crippen LogP contribution in [-0.2, 0) is 19.1 Å². The average molecular weight is 320 g/mol. The molecule has 0 saturated carbocycles. The molecule has 0 aliphatic carbocycles. The van der Waals surface area contributed by atoms with Gasteiger partial charge in [-0.2, -0.15) is 0 Å². The van der Waals surface area contributed by atoms with Crippen LogP contribution in [0.3, 0.4) is 0 Å². The molecule has 0 aliphatic rings. The average Bonchev–Trinajstić information content (AvgIpc) is 2.43. The summed E-state index contributed by atoms with van der Waals surface area (Å²) < 4.78 is 10.6. The zero-order valence-corrected chi connectivity index (χ0v) is 15.0. The van der Waals surface area contributed by atoms with Crippen LogP contribution in [0.25, 0.3) is 0 Å². The van der Waals surface area contributed by atoms with Crippen molar-refractivity contribution in [2.45, 2.75) is 72.0 Å². The number of esters is 2. The van der Waals surface area contributed by atoms with E-state index in [1.165, 1.54) is 11.1 Å². The molecule has 0 saturated heterocycles. The van der Waals surface area contributed by atoms with Crippen LogP contribution < -0.4 is 0 Å². The Morgan fingerprint density at radius 1 is 1.04 bits per heavy atom. The van der Waals surface area contributed by atoms with E-state index < -0.39 is 5.60 Å². The monoisotopic (exact) mass is 320 g/mol. The van der Waals surface area contributed by atoms with E-state index in [4.69, 9.17) is 9.47 Å². The number of rotatable bonds is 6. The summed E-state index contributed by atoms with van der Waals surface area (Å²) in [5.74, 6) is -0.653. The molecule has 0 unspecified atom stereocenters. The number of carbonyl (C=O) groups excluding carboxylic acids is 2. The van der Waals surface area contributed by atoms with Crippen LogP contribution in [0.1, 0.15) is 64.5 Å². The first-order valence-electron chi connectivity index (χ1n) is 8.07. The maximum atomic E-state index is 11.9. The van der Waals surface area contributed by atoms with Gasteiger partial charge in [-0.3, -0.25) is 9.59 Å². The lowest BCUT2D eigenvalue weighted by atomic mass is 9.92. The lowest BCUT2D eigenvalue weighted by molar-refractivity contribution is -0.159. The molecule has 0 radical (unpaired) electrons. The SMILES string of the molecule is Cc1ccccc1[C@@H](C)[C@H](C)OC(=O)CCC(=O)OC(C)(C)C. The Hall–Kier alpha value is -1.84. The number of carbonyl (C=O) groups is 2. The first-order chi connectivity index (χ1) is 10.6. The van der Waals surface area contributed by atoms with E-state index in [9.17, 15) is 9.59 Å². The number of benzene rings is 1. The Kier molecular flexibility index (Phi) is 6.79. The van der Waals surface area contributed by atoms with Crippen LogP contribution in [0.4, 0.5) is 0 Å². The van der Waals surface area contributed by atoms with Crippen molar-refractivity contribution in [3.05, 3.63) is 35.4 Å². The fourth-order valence-electron chi connectivity index (χ4n) is 2.32. The van der Waals surface area contributed by atoms with Crippen LogP contribution in [0.5, 0.6) is 0 Å². The molecule has 0 heterocycles. The molecule has 2 atom stereocenters. The van der Waals surface area contributed by atoms with Gasteiger partial charge in [0.15, 0.2) is 0 Å². The van der Waals surface area contributed by atoms with Gasteiger partial charge in [0.05, 0.1) is 12.8 Å². The fourth-order valence-corrected chi connectivity index (χ4v) is 2.32. The minimum absolute atomic E-state index is 0.0414. The highest BCUT2D eigenvalue weighted by Crippen LogP contribution is 2.24. The van der Waals surface area contributed by atoms with Gasteiger partial charge < -0.3 is 9.47 Å². The number of hydrogen-bond acceptors (Lipinski definition) is 4. The highest BCUT2D eigenvalue weighted by atomic mass is 16.6. The van der Waals surface area contributed by atoms with Gasteiger partial charge in [0.25, 0.3) is 0 Å². The van der Waals surface area contributed by atoms with E-state index in [1.54, 1.807) is 20.8 Å². The van der Waals surface area contributed by atoms with Crippen LogP contribution in [-0.4, -0.2) is 23.6 Å². The fraction of sp³-hybridized carbons (Fsp3) is 0.579. The summed E-state index contributed by atoms with van der Waals surface area (Å²) in [6.45, 7) is 11.4. The molecule has 1 aromatic carbocycles.